The molecule has 0 saturated heterocycles. The molecule has 0 atom stereocenters. The van der Waals surface area contributed by atoms with Gasteiger partial charge in [0.05, 0.1) is 24.0 Å². The molecule has 2 aromatic carbocycles. The maximum atomic E-state index is 12.5. The number of hydrogen-bond acceptors (Lipinski definition) is 4. The Balaban J connectivity index is 1.77. The van der Waals surface area contributed by atoms with Crippen molar-refractivity contribution in [2.24, 2.45) is 0 Å². The van der Waals surface area contributed by atoms with Crippen LogP contribution in [0.3, 0.4) is 0 Å². The summed E-state index contributed by atoms with van der Waals surface area (Å²) in [5, 5.41) is 3.66. The highest BCUT2D eigenvalue weighted by Gasteiger charge is 2.21. The summed E-state index contributed by atoms with van der Waals surface area (Å²) in [6.45, 7) is -0.127. The fourth-order valence-corrected chi connectivity index (χ4v) is 3.37. The lowest BCUT2D eigenvalue weighted by Crippen LogP contribution is -2.36. The van der Waals surface area contributed by atoms with E-state index in [1.54, 1.807) is 12.3 Å². The van der Waals surface area contributed by atoms with Crippen LogP contribution in [0.15, 0.2) is 66.9 Å². The van der Waals surface area contributed by atoms with E-state index >= 15 is 0 Å². The van der Waals surface area contributed by atoms with Crippen LogP contribution in [-0.2, 0) is 21.4 Å². The van der Waals surface area contributed by atoms with Crippen LogP contribution in [0.25, 0.3) is 10.9 Å². The lowest BCUT2D eigenvalue weighted by Gasteiger charge is -2.19. The van der Waals surface area contributed by atoms with Gasteiger partial charge in [0.25, 0.3) is 0 Å². The third-order valence-corrected chi connectivity index (χ3v) is 5.09. The summed E-state index contributed by atoms with van der Waals surface area (Å²) in [6, 6.07) is 18.3. The summed E-state index contributed by atoms with van der Waals surface area (Å²) in [5.74, 6) is -0.412. The zero-order chi connectivity index (χ0) is 18.6. The highest BCUT2D eigenvalue weighted by Crippen LogP contribution is 2.20. The quantitative estimate of drug-likeness (QED) is 0.724. The standard InChI is InChI=1S/C19H19N3O3S/c1-26(24,25)22(13-15-7-3-2-4-8-15)14-18(23)21-17-11-5-9-16-10-6-12-20-19(16)17/h2-12H,13-14H2,1H3,(H,21,23). The van der Waals surface area contributed by atoms with Crippen molar-refractivity contribution in [1.82, 2.24) is 9.29 Å². The number of para-hydroxylation sites is 1. The molecular formula is C19H19N3O3S. The van der Waals surface area contributed by atoms with Crippen molar-refractivity contribution in [2.75, 3.05) is 18.1 Å². The molecule has 3 aromatic rings. The Kier molecular flexibility index (Phi) is 5.29. The summed E-state index contributed by atoms with van der Waals surface area (Å²) in [4.78, 5) is 16.7. The molecule has 0 aliphatic heterocycles. The number of sulfonamides is 1. The normalized spacial score (nSPS) is 11.6. The minimum Gasteiger partial charge on any atom is -0.323 e. The number of pyridine rings is 1. The summed E-state index contributed by atoms with van der Waals surface area (Å²) in [6.07, 6.45) is 2.75. The number of nitrogens with one attached hydrogen (secondary N) is 1. The van der Waals surface area contributed by atoms with Gasteiger partial charge in [-0.25, -0.2) is 8.42 Å². The van der Waals surface area contributed by atoms with Crippen molar-refractivity contribution >= 4 is 32.5 Å². The van der Waals surface area contributed by atoms with Crippen LogP contribution in [-0.4, -0.2) is 36.4 Å². The van der Waals surface area contributed by atoms with Crippen molar-refractivity contribution in [3.8, 4) is 0 Å². The van der Waals surface area contributed by atoms with Crippen molar-refractivity contribution in [1.29, 1.82) is 0 Å². The molecule has 3 rings (SSSR count). The van der Waals surface area contributed by atoms with Gasteiger partial charge in [0.1, 0.15) is 0 Å². The Labute approximate surface area is 152 Å². The van der Waals surface area contributed by atoms with Crippen molar-refractivity contribution < 1.29 is 13.2 Å². The van der Waals surface area contributed by atoms with Gasteiger partial charge in [-0.05, 0) is 17.7 Å². The lowest BCUT2D eigenvalue weighted by atomic mass is 10.2. The van der Waals surface area contributed by atoms with Gasteiger partial charge < -0.3 is 5.32 Å². The van der Waals surface area contributed by atoms with Gasteiger partial charge in [-0.2, -0.15) is 4.31 Å². The Morgan fingerprint density at radius 1 is 1.04 bits per heavy atom. The third-order valence-electron chi connectivity index (χ3n) is 3.90. The van der Waals surface area contributed by atoms with Crippen LogP contribution in [0.5, 0.6) is 0 Å². The SMILES string of the molecule is CS(=O)(=O)N(CC(=O)Nc1cccc2cccnc12)Cc1ccccc1. The molecule has 134 valence electrons. The first-order chi connectivity index (χ1) is 12.4. The van der Waals surface area contributed by atoms with Crippen LogP contribution < -0.4 is 5.32 Å². The number of rotatable bonds is 6. The molecule has 7 heteroatoms. The number of benzene rings is 2. The average Bonchev–Trinajstić information content (AvgIpc) is 2.61. The number of carbonyl (C=O) groups is 1. The van der Waals surface area contributed by atoms with E-state index in [1.807, 2.05) is 54.6 Å². The molecule has 0 saturated carbocycles. The number of carbonyl (C=O) groups excluding carboxylic acids is 1. The van der Waals surface area contributed by atoms with Crippen LogP contribution in [0.2, 0.25) is 0 Å². The molecule has 6 nitrogen and oxygen atoms in total. The minimum atomic E-state index is -3.54. The molecule has 0 unspecified atom stereocenters. The summed E-state index contributed by atoms with van der Waals surface area (Å²) >= 11 is 0. The van der Waals surface area contributed by atoms with Gasteiger partial charge in [0.2, 0.25) is 15.9 Å². The molecule has 1 N–H and O–H groups in total. The molecule has 0 spiro atoms. The molecule has 0 radical (unpaired) electrons. The van der Waals surface area contributed by atoms with E-state index in [0.29, 0.717) is 11.2 Å². The summed E-state index contributed by atoms with van der Waals surface area (Å²) in [5.41, 5.74) is 2.04. The van der Waals surface area contributed by atoms with E-state index in [1.165, 1.54) is 0 Å². The summed E-state index contributed by atoms with van der Waals surface area (Å²) in [7, 11) is -3.54. The zero-order valence-electron chi connectivity index (χ0n) is 14.3. The van der Waals surface area contributed by atoms with Crippen LogP contribution in [0.4, 0.5) is 5.69 Å². The number of amides is 1. The molecule has 1 heterocycles. The Hall–Kier alpha value is -2.77. The predicted molar refractivity (Wildman–Crippen MR) is 102 cm³/mol. The first-order valence-electron chi connectivity index (χ1n) is 8.06. The maximum Gasteiger partial charge on any atom is 0.239 e. The Bertz CT molecular complexity index is 1020. The van der Waals surface area contributed by atoms with E-state index in [9.17, 15) is 13.2 Å². The van der Waals surface area contributed by atoms with Crippen LogP contribution in [0.1, 0.15) is 5.56 Å². The summed E-state index contributed by atoms with van der Waals surface area (Å²) < 4.78 is 25.3. The Morgan fingerprint density at radius 2 is 1.77 bits per heavy atom. The van der Waals surface area contributed by atoms with Gasteiger partial charge in [-0.1, -0.05) is 48.5 Å². The predicted octanol–water partition coefficient (Wildman–Crippen LogP) is 2.64. The number of aromatic nitrogens is 1. The van der Waals surface area contributed by atoms with Gasteiger partial charge in [-0.15, -0.1) is 0 Å². The van der Waals surface area contributed by atoms with Gasteiger partial charge in [-0.3, -0.25) is 9.78 Å². The van der Waals surface area contributed by atoms with E-state index in [-0.39, 0.29) is 13.1 Å². The molecule has 0 aliphatic rings. The first kappa shape index (κ1) is 18.0. The highest BCUT2D eigenvalue weighted by atomic mass is 32.2. The largest absolute Gasteiger partial charge is 0.323 e. The number of fused-ring (bicyclic) bond motifs is 1. The topological polar surface area (TPSA) is 79.4 Å². The number of anilines is 1. The van der Waals surface area contributed by atoms with Crippen molar-refractivity contribution in [3.63, 3.8) is 0 Å². The highest BCUT2D eigenvalue weighted by molar-refractivity contribution is 7.88. The maximum absolute atomic E-state index is 12.5. The second-order valence-corrected chi connectivity index (χ2v) is 7.93. The zero-order valence-corrected chi connectivity index (χ0v) is 15.1. The second-order valence-electron chi connectivity index (χ2n) is 5.95. The average molecular weight is 369 g/mol. The fraction of sp³-hybridized carbons (Fsp3) is 0.158. The monoisotopic (exact) mass is 369 g/mol. The van der Waals surface area contributed by atoms with E-state index in [2.05, 4.69) is 10.3 Å². The lowest BCUT2D eigenvalue weighted by molar-refractivity contribution is -0.116. The fourth-order valence-electron chi connectivity index (χ4n) is 2.63. The molecule has 1 amide bonds. The first-order valence-corrected chi connectivity index (χ1v) is 9.91. The van der Waals surface area contributed by atoms with E-state index in [0.717, 1.165) is 21.5 Å². The van der Waals surface area contributed by atoms with Crippen molar-refractivity contribution in [2.45, 2.75) is 6.54 Å². The molecule has 26 heavy (non-hydrogen) atoms. The van der Waals surface area contributed by atoms with Gasteiger partial charge >= 0.3 is 0 Å². The van der Waals surface area contributed by atoms with Crippen molar-refractivity contribution in [3.05, 3.63) is 72.4 Å². The van der Waals surface area contributed by atoms with Crippen LogP contribution in [0, 0.1) is 0 Å². The molecule has 0 bridgehead atoms. The van der Waals surface area contributed by atoms with E-state index < -0.39 is 15.9 Å². The molecule has 0 aliphatic carbocycles. The Morgan fingerprint density at radius 3 is 2.50 bits per heavy atom. The number of nitrogens with zero attached hydrogens (tertiary/aromatic N) is 2. The van der Waals surface area contributed by atoms with Gasteiger partial charge in [0, 0.05) is 18.1 Å². The number of hydrogen-bond donors (Lipinski definition) is 1. The second kappa shape index (κ2) is 7.63. The minimum absolute atomic E-state index is 0.140. The molecule has 1 aromatic heterocycles. The smallest absolute Gasteiger partial charge is 0.239 e. The molecule has 0 fully saturated rings. The van der Waals surface area contributed by atoms with Gasteiger partial charge in [0.15, 0.2) is 0 Å². The molecular weight excluding hydrogens is 350 g/mol. The van der Waals surface area contributed by atoms with E-state index in [4.69, 9.17) is 0 Å². The third kappa shape index (κ3) is 4.44. The van der Waals surface area contributed by atoms with Crippen LogP contribution >= 0.6 is 0 Å².